The van der Waals surface area contributed by atoms with Crippen LogP contribution in [0.25, 0.3) is 0 Å². The molecule has 2 N–H and O–H groups in total. The maximum Gasteiger partial charge on any atom is 0.231 e. The van der Waals surface area contributed by atoms with Crippen LogP contribution in [0.3, 0.4) is 0 Å². The Hall–Kier alpha value is -3.20. The highest BCUT2D eigenvalue weighted by Crippen LogP contribution is 2.18. The van der Waals surface area contributed by atoms with Crippen LogP contribution in [0.2, 0.25) is 0 Å². The molecule has 6 nitrogen and oxygen atoms in total. The number of azo groups is 1. The van der Waals surface area contributed by atoms with Crippen LogP contribution in [0, 0.1) is 17.7 Å². The molecule has 2 aromatic carbocycles. The number of benzene rings is 2. The van der Waals surface area contributed by atoms with Crippen LogP contribution in [-0.2, 0) is 9.59 Å². The average molecular weight is 282 g/mol. The molecule has 0 fully saturated rings. The first-order valence-electron chi connectivity index (χ1n) is 5.79. The lowest BCUT2D eigenvalue weighted by molar-refractivity contribution is 0.562. The minimum atomic E-state index is 0.750. The minimum Gasteiger partial charge on any atom is -0.222 e. The van der Waals surface area contributed by atoms with Crippen molar-refractivity contribution in [3.8, 4) is 0 Å². The number of rotatable bonds is 2. The molecule has 0 aliphatic heterocycles. The molecule has 0 aromatic heterocycles. The fourth-order valence-corrected chi connectivity index (χ4v) is 1.30. The van der Waals surface area contributed by atoms with Crippen LogP contribution in [0.5, 0.6) is 0 Å². The second-order valence-electron chi connectivity index (χ2n) is 3.58. The number of carbonyl (C=O) groups excluding carboxylic acids is 2. The highest BCUT2D eigenvalue weighted by Gasteiger charge is 1.89. The van der Waals surface area contributed by atoms with Crippen LogP contribution in [-0.4, -0.2) is 12.2 Å². The lowest BCUT2D eigenvalue weighted by Crippen LogP contribution is -1.68. The summed E-state index contributed by atoms with van der Waals surface area (Å²) in [5, 5.41) is 19.1. The van der Waals surface area contributed by atoms with E-state index in [0.717, 1.165) is 23.5 Å². The van der Waals surface area contributed by atoms with Crippen molar-refractivity contribution >= 4 is 23.5 Å². The summed E-state index contributed by atoms with van der Waals surface area (Å²) in [5.41, 5.74) is 2.96. The van der Waals surface area contributed by atoms with E-state index in [1.165, 1.54) is 5.56 Å². The van der Waals surface area contributed by atoms with E-state index in [1.54, 1.807) is 0 Å². The molecular weight excluding hydrogens is 268 g/mol. The van der Waals surface area contributed by atoms with Crippen molar-refractivity contribution in [1.82, 2.24) is 0 Å². The zero-order valence-electron chi connectivity index (χ0n) is 11.4. The number of isocyanates is 2. The van der Waals surface area contributed by atoms with Gasteiger partial charge < -0.3 is 0 Å². The van der Waals surface area contributed by atoms with Crippen molar-refractivity contribution in [1.29, 1.82) is 10.8 Å². The maximum atomic E-state index is 8.35. The van der Waals surface area contributed by atoms with Gasteiger partial charge in [0.25, 0.3) is 0 Å². The van der Waals surface area contributed by atoms with Gasteiger partial charge >= 0.3 is 0 Å². The summed E-state index contributed by atoms with van der Waals surface area (Å²) in [7, 11) is 0. The molecule has 106 valence electrons. The number of aryl methyl sites for hydroxylation is 1. The van der Waals surface area contributed by atoms with Gasteiger partial charge in [-0.2, -0.15) is 10.2 Å². The smallest absolute Gasteiger partial charge is 0.222 e. The molecule has 0 saturated heterocycles. The Morgan fingerprint density at radius 3 is 1.81 bits per heavy atom. The predicted octanol–water partition coefficient (Wildman–Crippen LogP) is 4.21. The SMILES string of the molecule is Cc1cccc(N=Nc2ccccc2)c1.N=C=O.N=C=O. The third-order valence-electron chi connectivity index (χ3n) is 2.04. The van der Waals surface area contributed by atoms with Gasteiger partial charge in [-0.05, 0) is 36.8 Å². The Morgan fingerprint density at radius 1 is 0.810 bits per heavy atom. The number of hydrogen-bond acceptors (Lipinski definition) is 6. The van der Waals surface area contributed by atoms with E-state index in [0.29, 0.717) is 0 Å². The molecule has 2 aromatic rings. The van der Waals surface area contributed by atoms with Gasteiger partial charge in [-0.1, -0.05) is 30.3 Å². The standard InChI is InChI=1S/C13H12N2.2CHNO/c1-11-6-5-9-13(10-11)15-14-12-7-3-2-4-8-12;2*2-1-3/h2-10H,1H3;2*2H. The van der Waals surface area contributed by atoms with Gasteiger partial charge in [0.2, 0.25) is 12.2 Å². The van der Waals surface area contributed by atoms with Gasteiger partial charge in [-0.15, -0.1) is 0 Å². The largest absolute Gasteiger partial charge is 0.231 e. The Bertz CT molecular complexity index is 615. The lowest BCUT2D eigenvalue weighted by atomic mass is 10.2. The van der Waals surface area contributed by atoms with E-state index in [1.807, 2.05) is 61.5 Å². The summed E-state index contributed by atoms with van der Waals surface area (Å²) in [6.45, 7) is 2.04. The Balaban J connectivity index is 0.000000578. The van der Waals surface area contributed by atoms with Crippen LogP contribution in [0.4, 0.5) is 11.4 Å². The molecule has 0 atom stereocenters. The van der Waals surface area contributed by atoms with Gasteiger partial charge in [0.1, 0.15) is 0 Å². The van der Waals surface area contributed by atoms with Crippen LogP contribution < -0.4 is 0 Å². The summed E-state index contributed by atoms with van der Waals surface area (Å²) < 4.78 is 0. The van der Waals surface area contributed by atoms with Crippen molar-refractivity contribution in [2.45, 2.75) is 6.92 Å². The van der Waals surface area contributed by atoms with E-state index in [9.17, 15) is 0 Å². The second kappa shape index (κ2) is 11.9. The van der Waals surface area contributed by atoms with Crippen molar-refractivity contribution in [3.63, 3.8) is 0 Å². The highest BCUT2D eigenvalue weighted by atomic mass is 16.1. The van der Waals surface area contributed by atoms with Crippen LogP contribution in [0.15, 0.2) is 64.8 Å². The molecule has 0 aliphatic rings. The first-order chi connectivity index (χ1) is 10.2. The number of nitrogens with one attached hydrogen (secondary N) is 2. The van der Waals surface area contributed by atoms with Gasteiger partial charge in [0.05, 0.1) is 11.4 Å². The Kier molecular flexibility index (Phi) is 10.1. The molecule has 0 bridgehead atoms. The third kappa shape index (κ3) is 9.39. The molecule has 0 heterocycles. The van der Waals surface area contributed by atoms with E-state index in [2.05, 4.69) is 10.2 Å². The Morgan fingerprint density at radius 2 is 1.29 bits per heavy atom. The van der Waals surface area contributed by atoms with Crippen molar-refractivity contribution < 1.29 is 9.59 Å². The van der Waals surface area contributed by atoms with E-state index >= 15 is 0 Å². The molecular formula is C15H14N4O2. The van der Waals surface area contributed by atoms with Crippen LogP contribution in [0.1, 0.15) is 5.56 Å². The average Bonchev–Trinajstić information content (AvgIpc) is 2.48. The van der Waals surface area contributed by atoms with E-state index in [-0.39, 0.29) is 0 Å². The fourth-order valence-electron chi connectivity index (χ4n) is 1.30. The van der Waals surface area contributed by atoms with E-state index < -0.39 is 0 Å². The van der Waals surface area contributed by atoms with Gasteiger partial charge in [0, 0.05) is 0 Å². The van der Waals surface area contributed by atoms with Crippen molar-refractivity contribution in [2.24, 2.45) is 10.2 Å². The fraction of sp³-hybridized carbons (Fsp3) is 0.0667. The number of nitrogens with zero attached hydrogens (tertiary/aromatic N) is 2. The van der Waals surface area contributed by atoms with Crippen molar-refractivity contribution in [2.75, 3.05) is 0 Å². The summed E-state index contributed by atoms with van der Waals surface area (Å²) in [6, 6.07) is 17.7. The van der Waals surface area contributed by atoms with Crippen LogP contribution >= 0.6 is 0 Å². The summed E-state index contributed by atoms with van der Waals surface area (Å²) in [4.78, 5) is 16.7. The maximum absolute atomic E-state index is 8.35. The molecule has 0 unspecified atom stereocenters. The first kappa shape index (κ1) is 17.8. The molecule has 0 spiro atoms. The molecule has 0 amide bonds. The molecule has 0 radical (unpaired) electrons. The molecule has 6 heteroatoms. The molecule has 0 saturated carbocycles. The van der Waals surface area contributed by atoms with E-state index in [4.69, 9.17) is 20.4 Å². The zero-order chi connectivity index (χ0) is 15.9. The quantitative estimate of drug-likeness (QED) is 0.489. The van der Waals surface area contributed by atoms with Gasteiger partial charge in [-0.25, -0.2) is 20.4 Å². The number of hydrogen-bond donors (Lipinski definition) is 2. The van der Waals surface area contributed by atoms with Gasteiger partial charge in [-0.3, -0.25) is 0 Å². The summed E-state index contributed by atoms with van der Waals surface area (Å²) >= 11 is 0. The van der Waals surface area contributed by atoms with Gasteiger partial charge in [0.15, 0.2) is 0 Å². The lowest BCUT2D eigenvalue weighted by Gasteiger charge is -1.94. The summed E-state index contributed by atoms with van der Waals surface area (Å²) in [5.74, 6) is 0. The highest BCUT2D eigenvalue weighted by molar-refractivity contribution is 5.41. The zero-order valence-corrected chi connectivity index (χ0v) is 11.4. The third-order valence-corrected chi connectivity index (χ3v) is 2.04. The summed E-state index contributed by atoms with van der Waals surface area (Å²) in [6.07, 6.45) is 1.50. The Labute approximate surface area is 122 Å². The molecule has 21 heavy (non-hydrogen) atoms. The minimum absolute atomic E-state index is 0.750. The monoisotopic (exact) mass is 282 g/mol. The normalized spacial score (nSPS) is 8.43. The molecule has 2 rings (SSSR count). The first-order valence-corrected chi connectivity index (χ1v) is 5.79. The topological polar surface area (TPSA) is 107 Å². The molecule has 0 aliphatic carbocycles. The second-order valence-corrected chi connectivity index (χ2v) is 3.58. The predicted molar refractivity (Wildman–Crippen MR) is 78.6 cm³/mol. The van der Waals surface area contributed by atoms with Crippen molar-refractivity contribution in [3.05, 3.63) is 60.2 Å².